The Morgan fingerprint density at radius 3 is 2.36 bits per heavy atom. The molecule has 0 aliphatic carbocycles. The van der Waals surface area contributed by atoms with E-state index in [1.807, 2.05) is 24.3 Å². The van der Waals surface area contributed by atoms with Crippen LogP contribution in [-0.2, 0) is 14.6 Å². The lowest BCUT2D eigenvalue weighted by Crippen LogP contribution is -2.57. The van der Waals surface area contributed by atoms with Crippen LogP contribution in [0.2, 0.25) is 0 Å². The first-order chi connectivity index (χ1) is 11.8. The van der Waals surface area contributed by atoms with Crippen molar-refractivity contribution in [2.24, 2.45) is 0 Å². The molecule has 0 atom stereocenters. The fourth-order valence-corrected chi connectivity index (χ4v) is 4.39. The summed E-state index contributed by atoms with van der Waals surface area (Å²) in [7, 11) is -3.48. The van der Waals surface area contributed by atoms with Crippen molar-refractivity contribution in [1.82, 2.24) is 10.6 Å². The Bertz CT molecular complexity index is 678. The largest absolute Gasteiger partial charge is 0.492 e. The normalized spacial score (nSPS) is 17.3. The third kappa shape index (κ3) is 4.73. The second-order valence-electron chi connectivity index (χ2n) is 6.84. The summed E-state index contributed by atoms with van der Waals surface area (Å²) >= 11 is 0. The van der Waals surface area contributed by atoms with Gasteiger partial charge >= 0.3 is 0 Å². The molecule has 0 radical (unpaired) electrons. The van der Waals surface area contributed by atoms with Gasteiger partial charge in [-0.15, -0.1) is 0 Å². The molecule has 0 saturated carbocycles. The number of carbonyl (C=O) groups excluding carboxylic acids is 1. The van der Waals surface area contributed by atoms with Crippen LogP contribution in [0.25, 0.3) is 0 Å². The molecule has 2 N–H and O–H groups in total. The highest BCUT2D eigenvalue weighted by molar-refractivity contribution is 7.92. The van der Waals surface area contributed by atoms with Gasteiger partial charge < -0.3 is 15.4 Å². The predicted octanol–water partition coefficient (Wildman–Crippen LogP) is 1.47. The zero-order chi connectivity index (χ0) is 18.5. The van der Waals surface area contributed by atoms with E-state index in [1.54, 1.807) is 0 Å². The van der Waals surface area contributed by atoms with Gasteiger partial charge in [0.25, 0.3) is 0 Å². The molecule has 1 fully saturated rings. The molecular weight excluding hydrogens is 340 g/mol. The molecule has 25 heavy (non-hydrogen) atoms. The number of carbonyl (C=O) groups is 1. The van der Waals surface area contributed by atoms with Crippen molar-refractivity contribution in [3.05, 3.63) is 29.8 Å². The summed E-state index contributed by atoms with van der Waals surface area (Å²) in [6.45, 7) is 5.88. The average molecular weight is 368 g/mol. The lowest BCUT2D eigenvalue weighted by molar-refractivity contribution is -0.124. The number of piperidine rings is 1. The van der Waals surface area contributed by atoms with Gasteiger partial charge in [-0.3, -0.25) is 4.79 Å². The van der Waals surface area contributed by atoms with Crippen LogP contribution in [0.3, 0.4) is 0 Å². The summed E-state index contributed by atoms with van der Waals surface area (Å²) in [5.74, 6) is 0.777. The van der Waals surface area contributed by atoms with Crippen molar-refractivity contribution < 1.29 is 17.9 Å². The van der Waals surface area contributed by atoms with Gasteiger partial charge in [0.2, 0.25) is 5.91 Å². The highest BCUT2D eigenvalue weighted by atomic mass is 32.2. The standard InChI is InChI=1S/C18H28N2O4S/c1-14(2)15-4-6-16(7-5-15)24-13-12-20-17(21)18(25(3,22)23)8-10-19-11-9-18/h4-7,14,19H,8-13H2,1-3H3,(H,20,21). The minimum atomic E-state index is -3.48. The summed E-state index contributed by atoms with van der Waals surface area (Å²) < 4.78 is 28.6. The second-order valence-corrected chi connectivity index (χ2v) is 9.17. The molecule has 0 spiro atoms. The summed E-state index contributed by atoms with van der Waals surface area (Å²) in [4.78, 5) is 12.5. The van der Waals surface area contributed by atoms with Gasteiger partial charge in [0.15, 0.2) is 14.6 Å². The first-order valence-corrected chi connectivity index (χ1v) is 10.6. The number of hydrogen-bond donors (Lipinski definition) is 2. The molecule has 7 heteroatoms. The van der Waals surface area contributed by atoms with Crippen molar-refractivity contribution in [3.8, 4) is 5.75 Å². The Labute approximate surface area is 150 Å². The highest BCUT2D eigenvalue weighted by Crippen LogP contribution is 2.27. The molecular formula is C18H28N2O4S. The van der Waals surface area contributed by atoms with E-state index in [2.05, 4.69) is 24.5 Å². The van der Waals surface area contributed by atoms with E-state index in [0.717, 1.165) is 12.0 Å². The molecule has 1 heterocycles. The number of sulfone groups is 1. The van der Waals surface area contributed by atoms with E-state index in [9.17, 15) is 13.2 Å². The fraction of sp³-hybridized carbons (Fsp3) is 0.611. The zero-order valence-corrected chi connectivity index (χ0v) is 16.0. The number of rotatable bonds is 7. The number of benzene rings is 1. The van der Waals surface area contributed by atoms with E-state index in [-0.39, 0.29) is 6.54 Å². The zero-order valence-electron chi connectivity index (χ0n) is 15.2. The molecule has 0 aromatic heterocycles. The Balaban J connectivity index is 1.87. The molecule has 0 bridgehead atoms. The smallest absolute Gasteiger partial charge is 0.241 e. The molecule has 1 aliphatic rings. The first-order valence-electron chi connectivity index (χ1n) is 8.68. The topological polar surface area (TPSA) is 84.5 Å². The quantitative estimate of drug-likeness (QED) is 0.712. The Morgan fingerprint density at radius 2 is 1.84 bits per heavy atom. The van der Waals surface area contributed by atoms with Gasteiger partial charge in [0.05, 0.1) is 6.54 Å². The van der Waals surface area contributed by atoms with Crippen LogP contribution in [0.15, 0.2) is 24.3 Å². The highest BCUT2D eigenvalue weighted by Gasteiger charge is 2.48. The first kappa shape index (κ1) is 19.7. The predicted molar refractivity (Wildman–Crippen MR) is 98.7 cm³/mol. The summed E-state index contributed by atoms with van der Waals surface area (Å²) in [5, 5.41) is 5.83. The summed E-state index contributed by atoms with van der Waals surface area (Å²) in [6, 6.07) is 7.85. The lowest BCUT2D eigenvalue weighted by atomic mass is 9.96. The Kier molecular flexibility index (Phi) is 6.46. The van der Waals surface area contributed by atoms with Gasteiger partial charge in [-0.05, 0) is 49.5 Å². The maximum Gasteiger partial charge on any atom is 0.241 e. The summed E-state index contributed by atoms with van der Waals surface area (Å²) in [6.07, 6.45) is 1.75. The van der Waals surface area contributed by atoms with Crippen molar-refractivity contribution in [2.45, 2.75) is 37.4 Å². The minimum Gasteiger partial charge on any atom is -0.492 e. The third-order valence-corrected chi connectivity index (χ3v) is 6.75. The maximum absolute atomic E-state index is 12.5. The molecule has 1 aromatic carbocycles. The van der Waals surface area contributed by atoms with Crippen LogP contribution in [-0.4, -0.2) is 51.6 Å². The number of nitrogens with one attached hydrogen (secondary N) is 2. The molecule has 140 valence electrons. The van der Waals surface area contributed by atoms with E-state index in [1.165, 1.54) is 5.56 Å². The van der Waals surface area contributed by atoms with Crippen LogP contribution in [0, 0.1) is 0 Å². The van der Waals surface area contributed by atoms with Crippen LogP contribution in [0.4, 0.5) is 0 Å². The van der Waals surface area contributed by atoms with E-state index in [4.69, 9.17) is 4.74 Å². The molecule has 0 unspecified atom stereocenters. The van der Waals surface area contributed by atoms with Crippen LogP contribution >= 0.6 is 0 Å². The minimum absolute atomic E-state index is 0.273. The molecule has 1 saturated heterocycles. The van der Waals surface area contributed by atoms with Gasteiger partial charge in [-0.25, -0.2) is 8.42 Å². The van der Waals surface area contributed by atoms with E-state index in [0.29, 0.717) is 38.5 Å². The SMILES string of the molecule is CC(C)c1ccc(OCCNC(=O)C2(S(C)(=O)=O)CCNCC2)cc1. The van der Waals surface area contributed by atoms with Crippen LogP contribution in [0.1, 0.15) is 38.2 Å². The Hall–Kier alpha value is -1.60. The summed E-state index contributed by atoms with van der Waals surface area (Å²) in [5.41, 5.74) is 1.24. The number of hydrogen-bond acceptors (Lipinski definition) is 5. The second kappa shape index (κ2) is 8.19. The molecule has 1 aromatic rings. The Morgan fingerprint density at radius 1 is 1.24 bits per heavy atom. The van der Waals surface area contributed by atoms with Crippen molar-refractivity contribution in [1.29, 1.82) is 0 Å². The molecule has 6 nitrogen and oxygen atoms in total. The van der Waals surface area contributed by atoms with Crippen LogP contribution < -0.4 is 15.4 Å². The molecule has 1 amide bonds. The fourth-order valence-electron chi connectivity index (χ4n) is 3.04. The van der Waals surface area contributed by atoms with Crippen molar-refractivity contribution in [3.63, 3.8) is 0 Å². The number of amides is 1. The van der Waals surface area contributed by atoms with Gasteiger partial charge in [-0.1, -0.05) is 26.0 Å². The molecule has 1 aliphatic heterocycles. The molecule has 2 rings (SSSR count). The van der Waals surface area contributed by atoms with Gasteiger partial charge in [0, 0.05) is 6.26 Å². The van der Waals surface area contributed by atoms with E-state index >= 15 is 0 Å². The van der Waals surface area contributed by atoms with Crippen LogP contribution in [0.5, 0.6) is 5.75 Å². The van der Waals surface area contributed by atoms with E-state index < -0.39 is 20.5 Å². The van der Waals surface area contributed by atoms with Gasteiger partial charge in [-0.2, -0.15) is 0 Å². The maximum atomic E-state index is 12.5. The van der Waals surface area contributed by atoms with Crippen molar-refractivity contribution >= 4 is 15.7 Å². The third-order valence-electron chi connectivity index (χ3n) is 4.74. The monoisotopic (exact) mass is 368 g/mol. The van der Waals surface area contributed by atoms with Gasteiger partial charge in [0.1, 0.15) is 12.4 Å². The van der Waals surface area contributed by atoms with Crippen molar-refractivity contribution in [2.75, 3.05) is 32.5 Å². The average Bonchev–Trinajstić information content (AvgIpc) is 2.58. The lowest BCUT2D eigenvalue weighted by Gasteiger charge is -2.34. The number of ether oxygens (including phenoxy) is 1.